The van der Waals surface area contributed by atoms with Gasteiger partial charge in [0.15, 0.2) is 5.65 Å². The van der Waals surface area contributed by atoms with Crippen molar-refractivity contribution in [1.82, 2.24) is 25.1 Å². The maximum Gasteiger partial charge on any atom is 0.253 e. The highest BCUT2D eigenvalue weighted by atomic mass is 16.5. The lowest BCUT2D eigenvalue weighted by molar-refractivity contribution is 0.0904. The molecule has 2 N–H and O–H groups in total. The Morgan fingerprint density at radius 3 is 2.89 bits per heavy atom. The zero-order valence-electron chi connectivity index (χ0n) is 15.9. The molecule has 1 saturated heterocycles. The molecule has 1 amide bonds. The number of aryl methyl sites for hydroxylation is 1. The number of pyridine rings is 2. The summed E-state index contributed by atoms with van der Waals surface area (Å²) in [7, 11) is 0. The van der Waals surface area contributed by atoms with Gasteiger partial charge in [0.25, 0.3) is 5.91 Å². The molecule has 0 atom stereocenters. The second-order valence-corrected chi connectivity index (χ2v) is 6.81. The topological polar surface area (TPSA) is 94.0 Å². The third-order valence-electron chi connectivity index (χ3n) is 4.98. The molecule has 0 aliphatic carbocycles. The van der Waals surface area contributed by atoms with E-state index < -0.39 is 0 Å². The van der Waals surface area contributed by atoms with Gasteiger partial charge in [-0.2, -0.15) is 5.10 Å². The summed E-state index contributed by atoms with van der Waals surface area (Å²) < 4.78 is 7.35. The Bertz CT molecular complexity index is 950. The van der Waals surface area contributed by atoms with Crippen LogP contribution in [0, 0.1) is 0 Å². The minimum atomic E-state index is -0.158. The predicted molar refractivity (Wildman–Crippen MR) is 106 cm³/mol. The fourth-order valence-corrected chi connectivity index (χ4v) is 3.42. The lowest BCUT2D eigenvalue weighted by Crippen LogP contribution is -2.29. The molecule has 3 aromatic rings. The van der Waals surface area contributed by atoms with Gasteiger partial charge in [-0.05, 0) is 31.9 Å². The first-order chi connectivity index (χ1) is 13.8. The molecule has 1 fully saturated rings. The van der Waals surface area contributed by atoms with Crippen molar-refractivity contribution >= 4 is 22.6 Å². The van der Waals surface area contributed by atoms with Crippen molar-refractivity contribution in [2.24, 2.45) is 0 Å². The predicted octanol–water partition coefficient (Wildman–Crippen LogP) is 2.37. The van der Waals surface area contributed by atoms with Crippen molar-refractivity contribution in [3.63, 3.8) is 0 Å². The summed E-state index contributed by atoms with van der Waals surface area (Å²) in [5.74, 6) is -0.158. The van der Waals surface area contributed by atoms with E-state index in [-0.39, 0.29) is 5.91 Å². The molecule has 8 nitrogen and oxygen atoms in total. The van der Waals surface area contributed by atoms with Gasteiger partial charge in [0.1, 0.15) is 0 Å². The average Bonchev–Trinajstić information content (AvgIpc) is 3.18. The standard InChI is InChI=1S/C20H24N6O2/c1-2-26-19-17(13-24-26)18(25-16-5-8-28-9-6-16)15(11-22-19)12-23-20(27)14-4-3-7-21-10-14/h3-4,7,10-11,13,16H,2,5-6,8-9,12H2,1H3,(H,22,25)(H,23,27). The first-order valence-corrected chi connectivity index (χ1v) is 9.62. The Kier molecular flexibility index (Phi) is 5.48. The van der Waals surface area contributed by atoms with Gasteiger partial charge < -0.3 is 15.4 Å². The van der Waals surface area contributed by atoms with Crippen LogP contribution in [-0.4, -0.2) is 44.9 Å². The smallest absolute Gasteiger partial charge is 0.253 e. The lowest BCUT2D eigenvalue weighted by Gasteiger charge is -2.25. The quantitative estimate of drug-likeness (QED) is 0.682. The molecule has 28 heavy (non-hydrogen) atoms. The molecule has 1 aliphatic rings. The molecular weight excluding hydrogens is 356 g/mol. The van der Waals surface area contributed by atoms with Gasteiger partial charge >= 0.3 is 0 Å². The van der Waals surface area contributed by atoms with Crippen molar-refractivity contribution in [3.8, 4) is 0 Å². The maximum absolute atomic E-state index is 12.4. The number of ether oxygens (including phenoxy) is 1. The van der Waals surface area contributed by atoms with Crippen LogP contribution in [-0.2, 0) is 17.8 Å². The van der Waals surface area contributed by atoms with Crippen LogP contribution in [0.4, 0.5) is 5.69 Å². The summed E-state index contributed by atoms with van der Waals surface area (Å²) in [6, 6.07) is 3.83. The van der Waals surface area contributed by atoms with Crippen LogP contribution in [0.3, 0.4) is 0 Å². The van der Waals surface area contributed by atoms with Gasteiger partial charge in [-0.15, -0.1) is 0 Å². The number of anilines is 1. The SMILES string of the molecule is CCn1ncc2c(NC3CCOCC3)c(CNC(=O)c3cccnc3)cnc21. The van der Waals surface area contributed by atoms with E-state index in [2.05, 4.69) is 25.7 Å². The molecule has 1 aliphatic heterocycles. The molecule has 0 spiro atoms. The Morgan fingerprint density at radius 1 is 1.29 bits per heavy atom. The van der Waals surface area contributed by atoms with Crippen LogP contribution < -0.4 is 10.6 Å². The lowest BCUT2D eigenvalue weighted by atomic mass is 10.1. The van der Waals surface area contributed by atoms with Crippen LogP contribution in [0.15, 0.2) is 36.9 Å². The minimum Gasteiger partial charge on any atom is -0.381 e. The Morgan fingerprint density at radius 2 is 2.14 bits per heavy atom. The Balaban J connectivity index is 1.60. The number of amides is 1. The van der Waals surface area contributed by atoms with Crippen LogP contribution in [0.25, 0.3) is 11.0 Å². The minimum absolute atomic E-state index is 0.158. The van der Waals surface area contributed by atoms with Gasteiger partial charge in [-0.3, -0.25) is 9.78 Å². The fourth-order valence-electron chi connectivity index (χ4n) is 3.42. The first kappa shape index (κ1) is 18.4. The summed E-state index contributed by atoms with van der Waals surface area (Å²) >= 11 is 0. The molecule has 146 valence electrons. The normalized spacial score (nSPS) is 14.9. The van der Waals surface area contributed by atoms with E-state index >= 15 is 0 Å². The number of nitrogens with one attached hydrogen (secondary N) is 2. The second kappa shape index (κ2) is 8.35. The second-order valence-electron chi connectivity index (χ2n) is 6.81. The monoisotopic (exact) mass is 380 g/mol. The summed E-state index contributed by atoms with van der Waals surface area (Å²) in [4.78, 5) is 21.0. The van der Waals surface area contributed by atoms with Crippen LogP contribution in [0.1, 0.15) is 35.7 Å². The highest BCUT2D eigenvalue weighted by Crippen LogP contribution is 2.28. The molecule has 0 saturated carbocycles. The number of nitrogens with zero attached hydrogens (tertiary/aromatic N) is 4. The number of carbonyl (C=O) groups excluding carboxylic acids is 1. The van der Waals surface area contributed by atoms with Crippen molar-refractivity contribution in [3.05, 3.63) is 48.0 Å². The number of aromatic nitrogens is 4. The van der Waals surface area contributed by atoms with Crippen molar-refractivity contribution in [1.29, 1.82) is 0 Å². The third kappa shape index (κ3) is 3.82. The largest absolute Gasteiger partial charge is 0.381 e. The molecule has 4 heterocycles. The van der Waals surface area contributed by atoms with Gasteiger partial charge in [-0.25, -0.2) is 9.67 Å². The molecule has 4 rings (SSSR count). The first-order valence-electron chi connectivity index (χ1n) is 9.62. The molecule has 0 aromatic carbocycles. The number of hydrogen-bond donors (Lipinski definition) is 2. The van der Waals surface area contributed by atoms with Gasteiger partial charge in [0, 0.05) is 56.5 Å². The molecular formula is C20H24N6O2. The van der Waals surface area contributed by atoms with E-state index in [9.17, 15) is 4.79 Å². The van der Waals surface area contributed by atoms with Gasteiger partial charge in [-0.1, -0.05) is 0 Å². The van der Waals surface area contributed by atoms with E-state index in [1.165, 1.54) is 0 Å². The Hall–Kier alpha value is -3.00. The summed E-state index contributed by atoms with van der Waals surface area (Å²) in [6.45, 7) is 4.69. The van der Waals surface area contributed by atoms with E-state index in [0.717, 1.165) is 54.9 Å². The van der Waals surface area contributed by atoms with Crippen molar-refractivity contribution < 1.29 is 9.53 Å². The average molecular weight is 380 g/mol. The number of rotatable bonds is 6. The Labute approximate surface area is 163 Å². The summed E-state index contributed by atoms with van der Waals surface area (Å²) in [6.07, 6.45) is 8.78. The highest BCUT2D eigenvalue weighted by molar-refractivity contribution is 5.94. The number of fused-ring (bicyclic) bond motifs is 1. The molecule has 0 radical (unpaired) electrons. The van der Waals surface area contributed by atoms with Crippen molar-refractivity contribution in [2.75, 3.05) is 18.5 Å². The van der Waals surface area contributed by atoms with E-state index in [0.29, 0.717) is 18.2 Å². The molecule has 8 heteroatoms. The van der Waals surface area contributed by atoms with E-state index in [1.807, 2.05) is 24.0 Å². The molecule has 0 unspecified atom stereocenters. The number of carbonyl (C=O) groups is 1. The number of hydrogen-bond acceptors (Lipinski definition) is 6. The van der Waals surface area contributed by atoms with Crippen LogP contribution >= 0.6 is 0 Å². The molecule has 0 bridgehead atoms. The maximum atomic E-state index is 12.4. The zero-order valence-corrected chi connectivity index (χ0v) is 15.9. The van der Waals surface area contributed by atoms with Gasteiger partial charge in [0.2, 0.25) is 0 Å². The van der Waals surface area contributed by atoms with E-state index in [1.54, 1.807) is 24.5 Å². The summed E-state index contributed by atoms with van der Waals surface area (Å²) in [5.41, 5.74) is 3.31. The van der Waals surface area contributed by atoms with Gasteiger partial charge in [0.05, 0.1) is 22.8 Å². The summed E-state index contributed by atoms with van der Waals surface area (Å²) in [5, 5.41) is 12.0. The highest BCUT2D eigenvalue weighted by Gasteiger charge is 2.19. The zero-order chi connectivity index (χ0) is 19.3. The van der Waals surface area contributed by atoms with Crippen LogP contribution in [0.5, 0.6) is 0 Å². The van der Waals surface area contributed by atoms with Crippen LogP contribution in [0.2, 0.25) is 0 Å². The molecule has 3 aromatic heterocycles. The van der Waals surface area contributed by atoms with E-state index in [4.69, 9.17) is 4.74 Å². The van der Waals surface area contributed by atoms with Crippen molar-refractivity contribution in [2.45, 2.75) is 38.9 Å². The third-order valence-corrected chi connectivity index (χ3v) is 4.98. The fraction of sp³-hybridized carbons (Fsp3) is 0.400.